The van der Waals surface area contributed by atoms with Gasteiger partial charge in [-0.05, 0) is 30.2 Å². The van der Waals surface area contributed by atoms with Gasteiger partial charge in [0.05, 0.1) is 23.7 Å². The lowest BCUT2D eigenvalue weighted by molar-refractivity contribution is -0.146. The molecule has 0 spiro atoms. The van der Waals surface area contributed by atoms with Gasteiger partial charge in [0.1, 0.15) is 5.01 Å². The number of thiazole rings is 1. The zero-order valence-electron chi connectivity index (χ0n) is 15.8. The van der Waals surface area contributed by atoms with Gasteiger partial charge in [0.15, 0.2) is 6.61 Å². The van der Waals surface area contributed by atoms with E-state index in [1.54, 1.807) is 24.3 Å². The van der Waals surface area contributed by atoms with E-state index in [-0.39, 0.29) is 6.42 Å². The van der Waals surface area contributed by atoms with Crippen molar-refractivity contribution in [3.63, 3.8) is 0 Å². The average molecular weight is 405 g/mol. The number of carbonyl (C=O) groups excluding carboxylic acids is 2. The first kappa shape index (κ1) is 20.2. The highest BCUT2D eigenvalue weighted by molar-refractivity contribution is 7.13. The van der Waals surface area contributed by atoms with Crippen LogP contribution in [0.5, 0.6) is 0 Å². The van der Waals surface area contributed by atoms with Crippen LogP contribution < -0.4 is 5.32 Å². The zero-order chi connectivity index (χ0) is 20.6. The molecule has 3 aromatic rings. The maximum atomic E-state index is 12.0. The summed E-state index contributed by atoms with van der Waals surface area (Å²) in [5, 5.41) is 14.1. The Morgan fingerprint density at radius 2 is 2.00 bits per heavy atom. The number of nitriles is 1. The van der Waals surface area contributed by atoms with Gasteiger partial charge in [-0.2, -0.15) is 5.26 Å². The number of nitrogens with one attached hydrogen (secondary N) is 1. The minimum absolute atomic E-state index is 0.000735. The van der Waals surface area contributed by atoms with Gasteiger partial charge in [-0.1, -0.05) is 37.3 Å². The number of hydrogen-bond acceptors (Lipinski definition) is 6. The summed E-state index contributed by atoms with van der Waals surface area (Å²) in [6.45, 7) is 1.71. The van der Waals surface area contributed by atoms with Crippen molar-refractivity contribution in [2.45, 2.75) is 19.8 Å². The average Bonchev–Trinajstić information content (AvgIpc) is 3.21. The molecular weight excluding hydrogens is 386 g/mol. The minimum Gasteiger partial charge on any atom is -0.455 e. The van der Waals surface area contributed by atoms with Crippen LogP contribution in [0.4, 0.5) is 5.69 Å². The van der Waals surface area contributed by atoms with E-state index in [4.69, 9.17) is 10.00 Å². The van der Waals surface area contributed by atoms with Crippen molar-refractivity contribution in [1.82, 2.24) is 4.98 Å². The third-order valence-corrected chi connectivity index (χ3v) is 5.07. The Labute approximate surface area is 172 Å². The molecule has 1 N–H and O–H groups in total. The number of anilines is 1. The van der Waals surface area contributed by atoms with Crippen molar-refractivity contribution >= 4 is 28.9 Å². The third kappa shape index (κ3) is 5.74. The van der Waals surface area contributed by atoms with E-state index in [1.165, 1.54) is 16.9 Å². The Kier molecular flexibility index (Phi) is 6.72. The van der Waals surface area contributed by atoms with Gasteiger partial charge in [-0.25, -0.2) is 4.98 Å². The maximum absolute atomic E-state index is 12.0. The minimum atomic E-state index is -0.524. The first-order valence-electron chi connectivity index (χ1n) is 9.06. The molecule has 0 unspecified atom stereocenters. The Balaban J connectivity index is 1.49. The van der Waals surface area contributed by atoms with Crippen LogP contribution in [0.2, 0.25) is 0 Å². The number of aryl methyl sites for hydroxylation is 1. The SMILES string of the molecule is CCc1ccc(-c2nc(CC(=O)OCC(=O)Nc3cccc(C#N)c3)cs2)cc1. The molecule has 3 rings (SSSR count). The third-order valence-electron chi connectivity index (χ3n) is 4.13. The zero-order valence-corrected chi connectivity index (χ0v) is 16.7. The van der Waals surface area contributed by atoms with Crippen molar-refractivity contribution in [2.24, 2.45) is 0 Å². The molecule has 1 amide bonds. The highest BCUT2D eigenvalue weighted by Gasteiger charge is 2.12. The second-order valence-corrected chi connectivity index (χ2v) is 7.13. The summed E-state index contributed by atoms with van der Waals surface area (Å²) in [5.41, 5.74) is 3.78. The number of benzene rings is 2. The molecule has 0 atom stereocenters. The maximum Gasteiger partial charge on any atom is 0.312 e. The topological polar surface area (TPSA) is 92.1 Å². The first-order valence-corrected chi connectivity index (χ1v) is 9.94. The normalized spacial score (nSPS) is 10.2. The van der Waals surface area contributed by atoms with E-state index >= 15 is 0 Å². The lowest BCUT2D eigenvalue weighted by Crippen LogP contribution is -2.21. The van der Waals surface area contributed by atoms with E-state index < -0.39 is 18.5 Å². The van der Waals surface area contributed by atoms with Gasteiger partial charge in [0.2, 0.25) is 0 Å². The summed E-state index contributed by atoms with van der Waals surface area (Å²) < 4.78 is 5.03. The van der Waals surface area contributed by atoms with Crippen molar-refractivity contribution < 1.29 is 14.3 Å². The number of hydrogen-bond donors (Lipinski definition) is 1. The van der Waals surface area contributed by atoms with Crippen LogP contribution in [0.25, 0.3) is 10.6 Å². The van der Waals surface area contributed by atoms with Crippen molar-refractivity contribution in [3.8, 4) is 16.6 Å². The second-order valence-electron chi connectivity index (χ2n) is 6.27. The van der Waals surface area contributed by atoms with Crippen molar-refractivity contribution in [2.75, 3.05) is 11.9 Å². The van der Waals surface area contributed by atoms with Gasteiger partial charge in [-0.3, -0.25) is 9.59 Å². The van der Waals surface area contributed by atoms with E-state index in [0.717, 1.165) is 17.0 Å². The predicted molar refractivity (Wildman–Crippen MR) is 111 cm³/mol. The van der Waals surface area contributed by atoms with Gasteiger partial charge in [0, 0.05) is 16.6 Å². The molecule has 0 aliphatic rings. The predicted octanol–water partition coefficient (Wildman–Crippen LogP) is 3.97. The number of ether oxygens (including phenoxy) is 1. The molecule has 0 saturated carbocycles. The van der Waals surface area contributed by atoms with E-state index in [2.05, 4.69) is 29.4 Å². The molecule has 0 aliphatic heterocycles. The number of carbonyl (C=O) groups is 2. The fourth-order valence-electron chi connectivity index (χ4n) is 2.61. The van der Waals surface area contributed by atoms with Crippen LogP contribution in [-0.4, -0.2) is 23.5 Å². The number of aromatic nitrogens is 1. The summed E-state index contributed by atoms with van der Waals surface area (Å²) in [5.74, 6) is -0.993. The van der Waals surface area contributed by atoms with Crippen LogP contribution in [-0.2, 0) is 27.2 Å². The van der Waals surface area contributed by atoms with Gasteiger partial charge < -0.3 is 10.1 Å². The molecule has 0 aliphatic carbocycles. The number of nitrogens with zero attached hydrogens (tertiary/aromatic N) is 2. The Morgan fingerprint density at radius 1 is 1.21 bits per heavy atom. The molecule has 0 saturated heterocycles. The van der Waals surface area contributed by atoms with Crippen molar-refractivity contribution in [1.29, 1.82) is 5.26 Å². The summed E-state index contributed by atoms with van der Waals surface area (Å²) in [7, 11) is 0. The Morgan fingerprint density at radius 3 is 2.72 bits per heavy atom. The summed E-state index contributed by atoms with van der Waals surface area (Å²) in [6.07, 6.45) is 0.979. The molecule has 1 aromatic heterocycles. The molecule has 2 aromatic carbocycles. The quantitative estimate of drug-likeness (QED) is 0.601. The van der Waals surface area contributed by atoms with Gasteiger partial charge >= 0.3 is 5.97 Å². The van der Waals surface area contributed by atoms with Crippen LogP contribution >= 0.6 is 11.3 Å². The van der Waals surface area contributed by atoms with Gasteiger partial charge in [-0.15, -0.1) is 11.3 Å². The Bertz CT molecular complexity index is 1050. The summed E-state index contributed by atoms with van der Waals surface area (Å²) in [6, 6.07) is 16.7. The van der Waals surface area contributed by atoms with Gasteiger partial charge in [0.25, 0.3) is 5.91 Å². The summed E-state index contributed by atoms with van der Waals surface area (Å²) >= 11 is 1.46. The smallest absolute Gasteiger partial charge is 0.312 e. The monoisotopic (exact) mass is 405 g/mol. The molecule has 1 heterocycles. The number of amides is 1. The molecule has 29 heavy (non-hydrogen) atoms. The molecule has 0 fully saturated rings. The molecule has 6 nitrogen and oxygen atoms in total. The molecule has 146 valence electrons. The molecule has 0 radical (unpaired) electrons. The molecular formula is C22H19N3O3S. The van der Waals surface area contributed by atoms with Crippen LogP contribution in [0, 0.1) is 11.3 Å². The van der Waals surface area contributed by atoms with Crippen LogP contribution in [0.3, 0.4) is 0 Å². The van der Waals surface area contributed by atoms with Crippen LogP contribution in [0.15, 0.2) is 53.9 Å². The second kappa shape index (κ2) is 9.62. The standard InChI is InChI=1S/C22H19N3O3S/c1-2-15-6-8-17(9-7-15)22-25-19(14-29-22)11-21(27)28-13-20(26)24-18-5-3-4-16(10-18)12-23/h3-10,14H,2,11,13H2,1H3,(H,24,26). The van der Waals surface area contributed by atoms with E-state index in [9.17, 15) is 9.59 Å². The number of rotatable bonds is 7. The highest BCUT2D eigenvalue weighted by Crippen LogP contribution is 2.24. The fourth-order valence-corrected chi connectivity index (χ4v) is 3.44. The lowest BCUT2D eigenvalue weighted by atomic mass is 10.1. The fraction of sp³-hybridized carbons (Fsp3) is 0.182. The molecule has 7 heteroatoms. The largest absolute Gasteiger partial charge is 0.455 e. The molecule has 0 bridgehead atoms. The Hall–Kier alpha value is -3.50. The van der Waals surface area contributed by atoms with E-state index in [0.29, 0.717) is 16.9 Å². The summed E-state index contributed by atoms with van der Waals surface area (Å²) in [4.78, 5) is 28.4. The number of esters is 1. The van der Waals surface area contributed by atoms with Crippen molar-refractivity contribution in [3.05, 3.63) is 70.7 Å². The lowest BCUT2D eigenvalue weighted by Gasteiger charge is -2.06. The van der Waals surface area contributed by atoms with Crippen LogP contribution in [0.1, 0.15) is 23.7 Å². The highest BCUT2D eigenvalue weighted by atomic mass is 32.1. The first-order chi connectivity index (χ1) is 14.1. The van der Waals surface area contributed by atoms with E-state index in [1.807, 2.05) is 23.6 Å².